The molecule has 0 N–H and O–H groups in total. The first-order chi connectivity index (χ1) is 6.51. The van der Waals surface area contributed by atoms with Crippen LogP contribution in [0.4, 0.5) is 0 Å². The standard InChI is InChI=1S/C12H18O2/c1-6-9-12(7-2,8-3)14-11(13)10(4)5/h4,7-8H2,1-3,5H3. The van der Waals surface area contributed by atoms with E-state index in [-0.39, 0.29) is 5.97 Å². The molecule has 0 amide bonds. The highest BCUT2D eigenvalue weighted by molar-refractivity contribution is 5.87. The summed E-state index contributed by atoms with van der Waals surface area (Å²) in [5.74, 6) is 5.38. The van der Waals surface area contributed by atoms with Crippen LogP contribution in [0.3, 0.4) is 0 Å². The molecule has 0 rings (SSSR count). The number of hydrogen-bond donors (Lipinski definition) is 0. The van der Waals surface area contributed by atoms with Crippen LogP contribution in [0.15, 0.2) is 12.2 Å². The van der Waals surface area contributed by atoms with Gasteiger partial charge in [-0.1, -0.05) is 26.3 Å². The van der Waals surface area contributed by atoms with Crippen LogP contribution in [0.2, 0.25) is 0 Å². The van der Waals surface area contributed by atoms with E-state index in [2.05, 4.69) is 18.4 Å². The Morgan fingerprint density at radius 3 is 2.21 bits per heavy atom. The molecule has 0 aromatic carbocycles. The quantitative estimate of drug-likeness (QED) is 0.391. The molecule has 0 aromatic rings. The maximum atomic E-state index is 11.4. The molecule has 0 unspecified atom stereocenters. The Morgan fingerprint density at radius 2 is 1.93 bits per heavy atom. The van der Waals surface area contributed by atoms with Crippen molar-refractivity contribution in [2.45, 2.75) is 46.1 Å². The number of hydrogen-bond acceptors (Lipinski definition) is 2. The van der Waals surface area contributed by atoms with Crippen LogP contribution in [0, 0.1) is 11.8 Å². The van der Waals surface area contributed by atoms with Gasteiger partial charge in [-0.05, 0) is 26.7 Å². The third-order valence-electron chi connectivity index (χ3n) is 2.13. The van der Waals surface area contributed by atoms with Gasteiger partial charge in [0, 0.05) is 5.57 Å². The molecule has 0 spiro atoms. The largest absolute Gasteiger partial charge is 0.443 e. The maximum absolute atomic E-state index is 11.4. The zero-order valence-electron chi connectivity index (χ0n) is 9.44. The molecule has 0 fully saturated rings. The topological polar surface area (TPSA) is 26.3 Å². The van der Waals surface area contributed by atoms with Gasteiger partial charge >= 0.3 is 5.97 Å². The molecule has 0 aliphatic carbocycles. The van der Waals surface area contributed by atoms with Crippen LogP contribution in [-0.4, -0.2) is 11.6 Å². The van der Waals surface area contributed by atoms with Gasteiger partial charge in [-0.3, -0.25) is 0 Å². The van der Waals surface area contributed by atoms with Gasteiger partial charge in [-0.25, -0.2) is 4.79 Å². The van der Waals surface area contributed by atoms with Crippen LogP contribution >= 0.6 is 0 Å². The Hall–Kier alpha value is -1.23. The van der Waals surface area contributed by atoms with E-state index < -0.39 is 5.60 Å². The highest BCUT2D eigenvalue weighted by Gasteiger charge is 2.28. The van der Waals surface area contributed by atoms with Gasteiger partial charge in [-0.2, -0.15) is 0 Å². The van der Waals surface area contributed by atoms with Crippen molar-refractivity contribution in [2.75, 3.05) is 0 Å². The van der Waals surface area contributed by atoms with Gasteiger partial charge in [0.05, 0.1) is 0 Å². The Kier molecular flexibility index (Phi) is 5.01. The first-order valence-corrected chi connectivity index (χ1v) is 4.84. The SMILES string of the molecule is C=C(C)C(=O)OC(C#CC)(CC)CC. The van der Waals surface area contributed by atoms with Crippen molar-refractivity contribution in [3.05, 3.63) is 12.2 Å². The van der Waals surface area contributed by atoms with Crippen molar-refractivity contribution in [1.29, 1.82) is 0 Å². The summed E-state index contributed by atoms with van der Waals surface area (Å²) >= 11 is 0. The number of ether oxygens (including phenoxy) is 1. The summed E-state index contributed by atoms with van der Waals surface area (Å²) in [7, 11) is 0. The second-order valence-electron chi connectivity index (χ2n) is 3.25. The van der Waals surface area contributed by atoms with Crippen LogP contribution < -0.4 is 0 Å². The number of esters is 1. The summed E-state index contributed by atoms with van der Waals surface area (Å²) in [6.45, 7) is 10.8. The lowest BCUT2D eigenvalue weighted by Crippen LogP contribution is -2.32. The fraction of sp³-hybridized carbons (Fsp3) is 0.583. The van der Waals surface area contributed by atoms with E-state index >= 15 is 0 Å². The molecular formula is C12H18O2. The van der Waals surface area contributed by atoms with Crippen molar-refractivity contribution in [1.82, 2.24) is 0 Å². The average Bonchev–Trinajstić information content (AvgIpc) is 2.16. The molecule has 0 aliphatic rings. The molecule has 0 bridgehead atoms. The number of rotatable bonds is 4. The van der Waals surface area contributed by atoms with Gasteiger partial charge in [0.25, 0.3) is 0 Å². The Bertz CT molecular complexity index is 274. The number of carbonyl (C=O) groups is 1. The molecule has 0 saturated carbocycles. The maximum Gasteiger partial charge on any atom is 0.334 e. The highest BCUT2D eigenvalue weighted by atomic mass is 16.6. The predicted molar refractivity (Wildman–Crippen MR) is 57.7 cm³/mol. The minimum Gasteiger partial charge on any atom is -0.443 e. The summed E-state index contributed by atoms with van der Waals surface area (Å²) in [4.78, 5) is 11.4. The van der Waals surface area contributed by atoms with Gasteiger partial charge < -0.3 is 4.74 Å². The van der Waals surface area contributed by atoms with Crippen LogP contribution in [0.25, 0.3) is 0 Å². The third-order valence-corrected chi connectivity index (χ3v) is 2.13. The molecule has 0 heterocycles. The molecule has 0 atom stereocenters. The van der Waals surface area contributed by atoms with Gasteiger partial charge in [0.1, 0.15) is 0 Å². The van der Waals surface area contributed by atoms with Crippen LogP contribution in [0.1, 0.15) is 40.5 Å². The van der Waals surface area contributed by atoms with Crippen molar-refractivity contribution < 1.29 is 9.53 Å². The van der Waals surface area contributed by atoms with Crippen LogP contribution in [0.5, 0.6) is 0 Å². The van der Waals surface area contributed by atoms with Crippen molar-refractivity contribution in [2.24, 2.45) is 0 Å². The van der Waals surface area contributed by atoms with E-state index in [0.29, 0.717) is 18.4 Å². The second kappa shape index (κ2) is 5.49. The summed E-state index contributed by atoms with van der Waals surface area (Å²) < 4.78 is 5.33. The van der Waals surface area contributed by atoms with E-state index in [9.17, 15) is 4.79 Å². The first-order valence-electron chi connectivity index (χ1n) is 4.84. The highest BCUT2D eigenvalue weighted by Crippen LogP contribution is 2.20. The van der Waals surface area contributed by atoms with E-state index in [1.54, 1.807) is 13.8 Å². The van der Waals surface area contributed by atoms with Crippen LogP contribution in [-0.2, 0) is 9.53 Å². The lowest BCUT2D eigenvalue weighted by Gasteiger charge is -2.25. The molecular weight excluding hydrogens is 176 g/mol. The molecule has 0 radical (unpaired) electrons. The minimum atomic E-state index is -0.634. The van der Waals surface area contributed by atoms with E-state index in [1.807, 2.05) is 13.8 Å². The van der Waals surface area contributed by atoms with E-state index in [4.69, 9.17) is 4.74 Å². The Morgan fingerprint density at radius 1 is 1.43 bits per heavy atom. The average molecular weight is 194 g/mol. The van der Waals surface area contributed by atoms with Crippen molar-refractivity contribution in [3.8, 4) is 11.8 Å². The molecule has 0 saturated heterocycles. The zero-order valence-corrected chi connectivity index (χ0v) is 9.44. The molecule has 78 valence electrons. The fourth-order valence-electron chi connectivity index (χ4n) is 1.09. The smallest absolute Gasteiger partial charge is 0.334 e. The summed E-state index contributed by atoms with van der Waals surface area (Å²) in [5.41, 5.74) is -0.223. The molecule has 0 aliphatic heterocycles. The van der Waals surface area contributed by atoms with E-state index in [0.717, 1.165) is 0 Å². The second-order valence-corrected chi connectivity index (χ2v) is 3.25. The molecule has 2 heteroatoms. The minimum absolute atomic E-state index is 0.364. The van der Waals surface area contributed by atoms with Gasteiger partial charge in [-0.15, -0.1) is 5.92 Å². The van der Waals surface area contributed by atoms with Gasteiger partial charge in [0.15, 0.2) is 5.60 Å². The Labute approximate surface area is 86.3 Å². The van der Waals surface area contributed by atoms with Gasteiger partial charge in [0.2, 0.25) is 0 Å². The lowest BCUT2D eigenvalue weighted by molar-refractivity contribution is -0.149. The molecule has 14 heavy (non-hydrogen) atoms. The summed E-state index contributed by atoms with van der Waals surface area (Å²) in [6.07, 6.45) is 1.40. The monoisotopic (exact) mass is 194 g/mol. The third kappa shape index (κ3) is 3.26. The van der Waals surface area contributed by atoms with E-state index in [1.165, 1.54) is 0 Å². The van der Waals surface area contributed by atoms with Crippen molar-refractivity contribution >= 4 is 5.97 Å². The normalized spacial score (nSPS) is 10.0. The lowest BCUT2D eigenvalue weighted by atomic mass is 9.98. The Balaban J connectivity index is 4.73. The summed E-state index contributed by atoms with van der Waals surface area (Å²) in [5, 5.41) is 0. The zero-order chi connectivity index (χ0) is 11.2. The first kappa shape index (κ1) is 12.8. The fourth-order valence-corrected chi connectivity index (χ4v) is 1.09. The molecule has 0 aromatic heterocycles. The van der Waals surface area contributed by atoms with Crippen molar-refractivity contribution in [3.63, 3.8) is 0 Å². The predicted octanol–water partition coefficient (Wildman–Crippen LogP) is 2.69. The summed E-state index contributed by atoms with van der Waals surface area (Å²) in [6, 6.07) is 0. The molecule has 2 nitrogen and oxygen atoms in total. The number of carbonyl (C=O) groups excluding carboxylic acids is 1.